The van der Waals surface area contributed by atoms with Crippen molar-refractivity contribution in [2.45, 2.75) is 0 Å². The number of thiophene rings is 1. The van der Waals surface area contributed by atoms with Crippen molar-refractivity contribution in [2.75, 3.05) is 0 Å². The standard InChI is InChI=1S/C49H29N3OS/c1-2-11-30(12-3-1)36-28-40(46-39-16-7-9-20-43(39)54-44(46)29-36)49-51-47(50-48(52-49)35-26-21-31-13-4-5-14-34(31)27-35)33-24-22-32(23-25-33)37-17-10-19-42-45(37)38-15-6-8-18-41(38)53-42/h1-29H. The molecule has 11 aromatic rings. The second-order valence-corrected chi connectivity index (χ2v) is 14.7. The molecule has 54 heavy (non-hydrogen) atoms. The van der Waals surface area contributed by atoms with Gasteiger partial charge < -0.3 is 4.42 Å². The van der Waals surface area contributed by atoms with Crippen molar-refractivity contribution in [2.24, 2.45) is 0 Å². The van der Waals surface area contributed by atoms with Gasteiger partial charge in [-0.25, -0.2) is 15.0 Å². The Morgan fingerprint density at radius 1 is 0.352 bits per heavy atom. The topological polar surface area (TPSA) is 51.8 Å². The predicted molar refractivity (Wildman–Crippen MR) is 225 cm³/mol. The quantitative estimate of drug-likeness (QED) is 0.179. The summed E-state index contributed by atoms with van der Waals surface area (Å²) in [5.74, 6) is 1.91. The minimum absolute atomic E-state index is 0.625. The van der Waals surface area contributed by atoms with E-state index in [-0.39, 0.29) is 0 Å². The molecule has 11 rings (SSSR count). The molecule has 4 nitrogen and oxygen atoms in total. The van der Waals surface area contributed by atoms with E-state index < -0.39 is 0 Å². The molecular weight excluding hydrogens is 679 g/mol. The summed E-state index contributed by atoms with van der Waals surface area (Å²) >= 11 is 1.81. The maximum absolute atomic E-state index is 6.21. The maximum Gasteiger partial charge on any atom is 0.164 e. The summed E-state index contributed by atoms with van der Waals surface area (Å²) < 4.78 is 8.64. The molecule has 0 unspecified atom stereocenters. The molecule has 0 radical (unpaired) electrons. The van der Waals surface area contributed by atoms with Crippen LogP contribution in [0.3, 0.4) is 0 Å². The number of hydrogen-bond acceptors (Lipinski definition) is 5. The number of nitrogens with zero attached hydrogens (tertiary/aromatic N) is 3. The fourth-order valence-corrected chi connectivity index (χ4v) is 8.90. The summed E-state index contributed by atoms with van der Waals surface area (Å²) in [4.78, 5) is 15.7. The van der Waals surface area contributed by atoms with Crippen molar-refractivity contribution in [1.82, 2.24) is 15.0 Å². The first-order valence-electron chi connectivity index (χ1n) is 18.0. The molecular formula is C49H29N3OS. The third-order valence-corrected chi connectivity index (χ3v) is 11.4. The average molecular weight is 708 g/mol. The van der Waals surface area contributed by atoms with E-state index in [0.717, 1.165) is 71.7 Å². The van der Waals surface area contributed by atoms with Gasteiger partial charge in [0.1, 0.15) is 11.2 Å². The molecule has 3 aromatic heterocycles. The Morgan fingerprint density at radius 3 is 1.89 bits per heavy atom. The maximum atomic E-state index is 6.21. The van der Waals surface area contributed by atoms with Crippen molar-refractivity contribution < 1.29 is 4.42 Å². The number of benzene rings is 8. The molecule has 0 N–H and O–H groups in total. The van der Waals surface area contributed by atoms with Gasteiger partial charge in [-0.3, -0.25) is 0 Å². The highest BCUT2D eigenvalue weighted by Gasteiger charge is 2.19. The SMILES string of the molecule is c1ccc(-c2cc(-c3nc(-c4ccc(-c5cccc6oc7ccccc7c56)cc4)nc(-c4ccc5ccccc5c4)n3)c3c(c2)sc2ccccc23)cc1. The largest absolute Gasteiger partial charge is 0.456 e. The predicted octanol–water partition coefficient (Wildman–Crippen LogP) is 13.6. The van der Waals surface area contributed by atoms with E-state index in [4.69, 9.17) is 19.4 Å². The van der Waals surface area contributed by atoms with Gasteiger partial charge in [0, 0.05) is 47.6 Å². The van der Waals surface area contributed by atoms with Crippen molar-refractivity contribution in [1.29, 1.82) is 0 Å². The molecule has 5 heteroatoms. The minimum atomic E-state index is 0.625. The highest BCUT2D eigenvalue weighted by Crippen LogP contribution is 2.43. The van der Waals surface area contributed by atoms with Crippen LogP contribution in [0.5, 0.6) is 0 Å². The van der Waals surface area contributed by atoms with Crippen LogP contribution in [-0.4, -0.2) is 15.0 Å². The van der Waals surface area contributed by atoms with Crippen molar-refractivity contribution in [3.05, 3.63) is 176 Å². The van der Waals surface area contributed by atoms with E-state index >= 15 is 0 Å². The Kier molecular flexibility index (Phi) is 7.00. The highest BCUT2D eigenvalue weighted by molar-refractivity contribution is 7.26. The third-order valence-electron chi connectivity index (χ3n) is 10.3. The lowest BCUT2D eigenvalue weighted by atomic mass is 9.98. The van der Waals surface area contributed by atoms with Crippen molar-refractivity contribution in [3.63, 3.8) is 0 Å². The van der Waals surface area contributed by atoms with Crippen molar-refractivity contribution >= 4 is 64.2 Å². The number of furan rings is 1. The van der Waals surface area contributed by atoms with Crippen LogP contribution in [0.4, 0.5) is 0 Å². The Hall–Kier alpha value is -6.95. The van der Waals surface area contributed by atoms with E-state index in [1.165, 1.54) is 20.2 Å². The minimum Gasteiger partial charge on any atom is -0.456 e. The van der Waals surface area contributed by atoms with E-state index in [0.29, 0.717) is 17.5 Å². The lowest BCUT2D eigenvalue weighted by Gasteiger charge is -2.12. The number of aromatic nitrogens is 3. The first kappa shape index (κ1) is 30.7. The molecule has 0 fully saturated rings. The lowest BCUT2D eigenvalue weighted by molar-refractivity contribution is 0.669. The smallest absolute Gasteiger partial charge is 0.164 e. The van der Waals surface area contributed by atoms with Gasteiger partial charge in [0.2, 0.25) is 0 Å². The molecule has 0 atom stereocenters. The van der Waals surface area contributed by atoms with Crippen molar-refractivity contribution in [3.8, 4) is 56.4 Å². The third kappa shape index (κ3) is 5.09. The van der Waals surface area contributed by atoms with Crippen LogP contribution in [-0.2, 0) is 0 Å². The number of hydrogen-bond donors (Lipinski definition) is 0. The number of rotatable bonds is 5. The van der Waals surface area contributed by atoms with Crippen LogP contribution in [0.1, 0.15) is 0 Å². The van der Waals surface area contributed by atoms with E-state index in [1.54, 1.807) is 11.3 Å². The molecule has 0 spiro atoms. The van der Waals surface area contributed by atoms with Gasteiger partial charge >= 0.3 is 0 Å². The van der Waals surface area contributed by atoms with Gasteiger partial charge in [-0.1, -0.05) is 140 Å². The van der Waals surface area contributed by atoms with E-state index in [9.17, 15) is 0 Å². The molecule has 0 amide bonds. The van der Waals surface area contributed by atoms with Crippen LogP contribution < -0.4 is 0 Å². The highest BCUT2D eigenvalue weighted by atomic mass is 32.1. The normalized spacial score (nSPS) is 11.7. The summed E-state index contributed by atoms with van der Waals surface area (Å²) in [6, 6.07) is 61.6. The molecule has 0 aliphatic rings. The van der Waals surface area contributed by atoms with Crippen LogP contribution in [0.15, 0.2) is 180 Å². The van der Waals surface area contributed by atoms with Crippen LogP contribution >= 0.6 is 11.3 Å². The molecule has 0 aliphatic heterocycles. The molecule has 0 aliphatic carbocycles. The summed E-state index contributed by atoms with van der Waals surface area (Å²) in [5, 5.41) is 6.90. The van der Waals surface area contributed by atoms with Gasteiger partial charge in [-0.05, 0) is 69.4 Å². The monoisotopic (exact) mass is 707 g/mol. The Morgan fingerprint density at radius 2 is 1.02 bits per heavy atom. The number of para-hydroxylation sites is 1. The molecule has 0 saturated heterocycles. The van der Waals surface area contributed by atoms with Crippen LogP contribution in [0.2, 0.25) is 0 Å². The Labute approximate surface area is 314 Å². The molecule has 0 saturated carbocycles. The molecule has 0 bridgehead atoms. The first-order chi connectivity index (χ1) is 26.7. The fourth-order valence-electron chi connectivity index (χ4n) is 7.73. The second-order valence-electron chi connectivity index (χ2n) is 13.6. The first-order valence-corrected chi connectivity index (χ1v) is 18.8. The van der Waals surface area contributed by atoms with Gasteiger partial charge in [-0.15, -0.1) is 11.3 Å². The molecule has 3 heterocycles. The summed E-state index contributed by atoms with van der Waals surface area (Å²) in [6.45, 7) is 0. The lowest BCUT2D eigenvalue weighted by Crippen LogP contribution is -2.01. The van der Waals surface area contributed by atoms with Gasteiger partial charge in [0.05, 0.1) is 0 Å². The summed E-state index contributed by atoms with van der Waals surface area (Å²) in [7, 11) is 0. The number of fused-ring (bicyclic) bond motifs is 7. The van der Waals surface area contributed by atoms with Gasteiger partial charge in [0.25, 0.3) is 0 Å². The summed E-state index contributed by atoms with van der Waals surface area (Å²) in [6.07, 6.45) is 0. The fraction of sp³-hybridized carbons (Fsp3) is 0. The van der Waals surface area contributed by atoms with Crippen LogP contribution in [0.25, 0.3) is 109 Å². The average Bonchev–Trinajstić information content (AvgIpc) is 3.82. The van der Waals surface area contributed by atoms with Crippen LogP contribution in [0, 0.1) is 0 Å². The van der Waals surface area contributed by atoms with E-state index in [1.807, 2.05) is 18.2 Å². The van der Waals surface area contributed by atoms with Gasteiger partial charge in [0.15, 0.2) is 17.5 Å². The second kappa shape index (κ2) is 12.3. The zero-order valence-corrected chi connectivity index (χ0v) is 29.7. The zero-order valence-electron chi connectivity index (χ0n) is 28.9. The Balaban J connectivity index is 1.13. The summed E-state index contributed by atoms with van der Waals surface area (Å²) in [5.41, 5.74) is 9.12. The zero-order chi connectivity index (χ0) is 35.6. The molecule has 8 aromatic carbocycles. The van der Waals surface area contributed by atoms with Gasteiger partial charge in [-0.2, -0.15) is 0 Å². The van der Waals surface area contributed by atoms with E-state index in [2.05, 4.69) is 158 Å². The Bertz CT molecular complexity index is 3220. The molecule has 252 valence electrons.